The number of benzene rings is 1. The highest BCUT2D eigenvalue weighted by atomic mass is 16.2. The average Bonchev–Trinajstić information content (AvgIpc) is 2.19. The van der Waals surface area contributed by atoms with Crippen molar-refractivity contribution in [2.24, 2.45) is 0 Å². The van der Waals surface area contributed by atoms with E-state index in [9.17, 15) is 0 Å². The molecule has 0 radical (unpaired) electrons. The molecule has 0 saturated carbocycles. The summed E-state index contributed by atoms with van der Waals surface area (Å²) in [5.74, 6) is 0. The Balaban J connectivity index is 2.58. The molecule has 0 unspecified atom stereocenters. The predicted molar refractivity (Wildman–Crippen MR) is 56.7 cm³/mol. The smallest absolute Gasteiger partial charge is 0.0465 e. The van der Waals surface area contributed by atoms with Crippen molar-refractivity contribution in [2.45, 2.75) is 6.42 Å². The largest absolute Gasteiger partial charge is 0.396 e. The van der Waals surface area contributed by atoms with Gasteiger partial charge in [0.1, 0.15) is 0 Å². The standard InChI is InChI=1S/C11H15NO/c1-12-11-7-5-10(6-8-11)4-2-3-9-13/h2,4-8,12-13H,3,9H2,1H3. The Morgan fingerprint density at radius 1 is 1.31 bits per heavy atom. The first-order chi connectivity index (χ1) is 6.36. The molecule has 0 bridgehead atoms. The summed E-state index contributed by atoms with van der Waals surface area (Å²) >= 11 is 0. The van der Waals surface area contributed by atoms with Crippen LogP contribution in [-0.4, -0.2) is 18.8 Å². The number of hydrogen-bond acceptors (Lipinski definition) is 2. The third kappa shape index (κ3) is 3.30. The topological polar surface area (TPSA) is 32.3 Å². The second-order valence-electron chi connectivity index (χ2n) is 2.79. The van der Waals surface area contributed by atoms with Gasteiger partial charge in [0, 0.05) is 19.3 Å². The van der Waals surface area contributed by atoms with Crippen molar-refractivity contribution < 1.29 is 5.11 Å². The predicted octanol–water partition coefficient (Wildman–Crippen LogP) is 2.12. The molecule has 0 saturated heterocycles. The SMILES string of the molecule is CNc1ccc(C=CCCO)cc1. The molecule has 2 nitrogen and oxygen atoms in total. The highest BCUT2D eigenvalue weighted by Gasteiger charge is 1.87. The van der Waals surface area contributed by atoms with Crippen LogP contribution in [0.3, 0.4) is 0 Å². The minimum absolute atomic E-state index is 0.213. The lowest BCUT2D eigenvalue weighted by molar-refractivity contribution is 0.303. The van der Waals surface area contributed by atoms with Crippen LogP contribution < -0.4 is 5.32 Å². The number of nitrogens with one attached hydrogen (secondary N) is 1. The molecule has 0 aromatic heterocycles. The van der Waals surface area contributed by atoms with Gasteiger partial charge < -0.3 is 10.4 Å². The van der Waals surface area contributed by atoms with Crippen molar-refractivity contribution >= 4 is 11.8 Å². The number of aliphatic hydroxyl groups excluding tert-OH is 1. The molecule has 0 aliphatic heterocycles. The maximum Gasteiger partial charge on any atom is 0.0465 e. The minimum atomic E-state index is 0.213. The zero-order valence-corrected chi connectivity index (χ0v) is 7.83. The third-order valence-electron chi connectivity index (χ3n) is 1.81. The molecule has 0 spiro atoms. The van der Waals surface area contributed by atoms with Crippen molar-refractivity contribution in [3.63, 3.8) is 0 Å². The van der Waals surface area contributed by atoms with Gasteiger partial charge in [-0.3, -0.25) is 0 Å². The lowest BCUT2D eigenvalue weighted by atomic mass is 10.2. The van der Waals surface area contributed by atoms with E-state index in [0.29, 0.717) is 6.42 Å². The first-order valence-electron chi connectivity index (χ1n) is 4.42. The van der Waals surface area contributed by atoms with E-state index in [1.807, 2.05) is 43.5 Å². The minimum Gasteiger partial charge on any atom is -0.396 e. The quantitative estimate of drug-likeness (QED) is 0.738. The number of rotatable bonds is 4. The number of aliphatic hydroxyl groups is 1. The van der Waals surface area contributed by atoms with E-state index in [4.69, 9.17) is 5.11 Å². The van der Waals surface area contributed by atoms with E-state index in [0.717, 1.165) is 11.3 Å². The highest BCUT2D eigenvalue weighted by Crippen LogP contribution is 2.09. The molecule has 0 aliphatic rings. The average molecular weight is 177 g/mol. The molecule has 13 heavy (non-hydrogen) atoms. The molecule has 0 amide bonds. The molecule has 0 atom stereocenters. The van der Waals surface area contributed by atoms with Gasteiger partial charge >= 0.3 is 0 Å². The molecule has 1 rings (SSSR count). The highest BCUT2D eigenvalue weighted by molar-refractivity contribution is 5.54. The summed E-state index contributed by atoms with van der Waals surface area (Å²) < 4.78 is 0. The zero-order valence-electron chi connectivity index (χ0n) is 7.83. The molecule has 0 fully saturated rings. The van der Waals surface area contributed by atoms with E-state index < -0.39 is 0 Å². The van der Waals surface area contributed by atoms with Gasteiger partial charge in [-0.05, 0) is 24.1 Å². The third-order valence-corrected chi connectivity index (χ3v) is 1.81. The maximum absolute atomic E-state index is 8.57. The molecular weight excluding hydrogens is 162 g/mol. The maximum atomic E-state index is 8.57. The summed E-state index contributed by atoms with van der Waals surface area (Å²) in [7, 11) is 1.90. The molecular formula is C11H15NO. The van der Waals surface area contributed by atoms with Crippen LogP contribution in [0.15, 0.2) is 30.3 Å². The molecule has 1 aromatic carbocycles. The molecule has 70 valence electrons. The van der Waals surface area contributed by atoms with Crippen LogP contribution in [0.1, 0.15) is 12.0 Å². The molecule has 0 heterocycles. The number of hydrogen-bond donors (Lipinski definition) is 2. The van der Waals surface area contributed by atoms with Gasteiger partial charge in [0.2, 0.25) is 0 Å². The molecule has 2 heteroatoms. The second kappa shape index (κ2) is 5.38. The Kier molecular flexibility index (Phi) is 4.06. The summed E-state index contributed by atoms with van der Waals surface area (Å²) in [4.78, 5) is 0. The second-order valence-corrected chi connectivity index (χ2v) is 2.79. The monoisotopic (exact) mass is 177 g/mol. The summed E-state index contributed by atoms with van der Waals surface area (Å²) in [6.45, 7) is 0.213. The fraction of sp³-hybridized carbons (Fsp3) is 0.273. The van der Waals surface area contributed by atoms with E-state index in [1.165, 1.54) is 0 Å². The summed E-state index contributed by atoms with van der Waals surface area (Å²) in [6.07, 6.45) is 4.69. The van der Waals surface area contributed by atoms with Gasteiger partial charge in [0.05, 0.1) is 0 Å². The van der Waals surface area contributed by atoms with Crippen LogP contribution in [0, 0.1) is 0 Å². The van der Waals surface area contributed by atoms with Gasteiger partial charge in [0.15, 0.2) is 0 Å². The summed E-state index contributed by atoms with van der Waals surface area (Å²) in [5.41, 5.74) is 2.27. The van der Waals surface area contributed by atoms with E-state index in [1.54, 1.807) is 0 Å². The van der Waals surface area contributed by atoms with Crippen LogP contribution in [0.2, 0.25) is 0 Å². The van der Waals surface area contributed by atoms with Crippen molar-refractivity contribution in [3.8, 4) is 0 Å². The van der Waals surface area contributed by atoms with Crippen LogP contribution in [-0.2, 0) is 0 Å². The van der Waals surface area contributed by atoms with Crippen molar-refractivity contribution in [2.75, 3.05) is 19.0 Å². The van der Waals surface area contributed by atoms with E-state index >= 15 is 0 Å². The Morgan fingerprint density at radius 3 is 2.54 bits per heavy atom. The normalized spacial score (nSPS) is 10.6. The van der Waals surface area contributed by atoms with Gasteiger partial charge in [-0.25, -0.2) is 0 Å². The molecule has 1 aromatic rings. The van der Waals surface area contributed by atoms with Crippen LogP contribution in [0.4, 0.5) is 5.69 Å². The van der Waals surface area contributed by atoms with E-state index in [-0.39, 0.29) is 6.61 Å². The van der Waals surface area contributed by atoms with Gasteiger partial charge in [-0.1, -0.05) is 24.3 Å². The van der Waals surface area contributed by atoms with Crippen molar-refractivity contribution in [1.82, 2.24) is 0 Å². The summed E-state index contributed by atoms with van der Waals surface area (Å²) in [5, 5.41) is 11.6. The Morgan fingerprint density at radius 2 is 2.00 bits per heavy atom. The van der Waals surface area contributed by atoms with E-state index in [2.05, 4.69) is 5.32 Å². The molecule has 2 N–H and O–H groups in total. The zero-order chi connectivity index (χ0) is 9.52. The Bertz CT molecular complexity index is 264. The van der Waals surface area contributed by atoms with Crippen molar-refractivity contribution in [3.05, 3.63) is 35.9 Å². The van der Waals surface area contributed by atoms with Gasteiger partial charge in [0.25, 0.3) is 0 Å². The first-order valence-corrected chi connectivity index (χ1v) is 4.42. The molecule has 0 aliphatic carbocycles. The van der Waals surface area contributed by atoms with Crippen LogP contribution in [0.5, 0.6) is 0 Å². The van der Waals surface area contributed by atoms with Crippen LogP contribution >= 0.6 is 0 Å². The summed E-state index contributed by atoms with van der Waals surface area (Å²) in [6, 6.07) is 8.14. The van der Waals surface area contributed by atoms with Gasteiger partial charge in [-0.2, -0.15) is 0 Å². The van der Waals surface area contributed by atoms with Gasteiger partial charge in [-0.15, -0.1) is 0 Å². The lowest BCUT2D eigenvalue weighted by Crippen LogP contribution is -1.86. The lowest BCUT2D eigenvalue weighted by Gasteiger charge is -1.99. The fourth-order valence-corrected chi connectivity index (χ4v) is 1.05. The van der Waals surface area contributed by atoms with Crippen molar-refractivity contribution in [1.29, 1.82) is 0 Å². The Labute approximate surface area is 78.9 Å². The van der Waals surface area contributed by atoms with Crippen LogP contribution in [0.25, 0.3) is 6.08 Å². The first kappa shape index (κ1) is 9.81. The fourth-order valence-electron chi connectivity index (χ4n) is 1.05. The Hall–Kier alpha value is -1.28. The number of anilines is 1.